The topological polar surface area (TPSA) is 129 Å². The largest absolute Gasteiger partial charge is 0.462 e. The Bertz CT molecular complexity index is 791. The molecule has 27 heavy (non-hydrogen) atoms. The normalized spacial score (nSPS) is 24.7. The minimum absolute atomic E-state index is 0.00238. The Morgan fingerprint density at radius 2 is 2.15 bits per heavy atom. The molecule has 11 heteroatoms. The average molecular weight is 403 g/mol. The van der Waals surface area contributed by atoms with Crippen LogP contribution in [-0.2, 0) is 23.4 Å². The Hall–Kier alpha value is -1.74. The Morgan fingerprint density at radius 3 is 2.78 bits per heavy atom. The van der Waals surface area contributed by atoms with Gasteiger partial charge in [0.15, 0.2) is 0 Å². The quantitative estimate of drug-likeness (QED) is 0.482. The fourth-order valence-electron chi connectivity index (χ4n) is 2.77. The van der Waals surface area contributed by atoms with E-state index in [-0.39, 0.29) is 24.7 Å². The van der Waals surface area contributed by atoms with Gasteiger partial charge in [-0.05, 0) is 27.2 Å². The van der Waals surface area contributed by atoms with Gasteiger partial charge in [0, 0.05) is 18.2 Å². The molecule has 0 saturated carbocycles. The number of esters is 1. The Morgan fingerprint density at radius 1 is 1.44 bits per heavy atom. The zero-order chi connectivity index (χ0) is 20.1. The van der Waals surface area contributed by atoms with Crippen molar-refractivity contribution >= 4 is 14.1 Å². The van der Waals surface area contributed by atoms with Crippen molar-refractivity contribution in [3.63, 3.8) is 0 Å². The summed E-state index contributed by atoms with van der Waals surface area (Å²) in [5, 5.41) is 2.58. The van der Waals surface area contributed by atoms with Gasteiger partial charge in [-0.15, -0.1) is 0 Å². The third-order valence-corrected chi connectivity index (χ3v) is 5.12. The SMILES string of the molecule is CC(C)OC(=O)[C@H](C)N[PH](=O)OCC1C[C@H](C)C(n2ccc(=O)[nH]c2=O)O1. The van der Waals surface area contributed by atoms with Crippen molar-refractivity contribution in [2.75, 3.05) is 6.61 Å². The summed E-state index contributed by atoms with van der Waals surface area (Å²) in [6, 6.07) is 0.497. The van der Waals surface area contributed by atoms with E-state index in [0.717, 1.165) is 0 Å². The number of H-pyrrole nitrogens is 1. The summed E-state index contributed by atoms with van der Waals surface area (Å²) in [7, 11) is -2.66. The number of nitrogens with one attached hydrogen (secondary N) is 2. The van der Waals surface area contributed by atoms with Gasteiger partial charge in [0.05, 0.1) is 18.8 Å². The highest BCUT2D eigenvalue weighted by atomic mass is 31.1. The first-order valence-corrected chi connectivity index (χ1v) is 10.1. The minimum atomic E-state index is -2.66. The van der Waals surface area contributed by atoms with Crippen LogP contribution in [0.3, 0.4) is 0 Å². The van der Waals surface area contributed by atoms with Gasteiger partial charge >= 0.3 is 11.7 Å². The predicted molar refractivity (Wildman–Crippen MR) is 97.8 cm³/mol. The molecule has 1 aromatic heterocycles. The molecule has 1 fully saturated rings. The molecule has 0 aromatic carbocycles. The van der Waals surface area contributed by atoms with Crippen LogP contribution >= 0.6 is 8.18 Å². The summed E-state index contributed by atoms with van der Waals surface area (Å²) in [4.78, 5) is 37.0. The van der Waals surface area contributed by atoms with Crippen molar-refractivity contribution in [1.82, 2.24) is 14.6 Å². The van der Waals surface area contributed by atoms with E-state index in [1.807, 2.05) is 6.92 Å². The maximum Gasteiger partial charge on any atom is 0.330 e. The first-order valence-electron chi connectivity index (χ1n) is 8.78. The molecule has 0 aliphatic carbocycles. The molecule has 0 spiro atoms. The van der Waals surface area contributed by atoms with Gasteiger partial charge in [-0.3, -0.25) is 23.7 Å². The van der Waals surface area contributed by atoms with E-state index in [1.165, 1.54) is 16.8 Å². The van der Waals surface area contributed by atoms with E-state index in [4.69, 9.17) is 14.0 Å². The third-order valence-electron chi connectivity index (χ3n) is 4.02. The first kappa shape index (κ1) is 21.6. The highest BCUT2D eigenvalue weighted by molar-refractivity contribution is 7.36. The summed E-state index contributed by atoms with van der Waals surface area (Å²) < 4.78 is 29.5. The van der Waals surface area contributed by atoms with Crippen molar-refractivity contribution < 1.29 is 23.4 Å². The summed E-state index contributed by atoms with van der Waals surface area (Å²) in [5.74, 6) is -0.507. The number of nitrogens with zero attached hydrogens (tertiary/aromatic N) is 1. The summed E-state index contributed by atoms with van der Waals surface area (Å²) >= 11 is 0. The van der Waals surface area contributed by atoms with E-state index >= 15 is 0 Å². The molecule has 0 bridgehead atoms. The monoisotopic (exact) mass is 403 g/mol. The molecule has 2 rings (SSSR count). The van der Waals surface area contributed by atoms with Crippen LogP contribution in [0.5, 0.6) is 0 Å². The standard InChI is InChI=1S/C16H26N3O7P/c1-9(2)25-15(21)11(4)18-27(23)24-8-12-7-10(3)14(26-12)19-6-5-13(20)17-16(19)22/h5-6,9-12,14,27H,7-8H2,1-4H3,(H,18,23)(H,17,20,22)/t10-,11-,12?,14?/m0/s1. The maximum absolute atomic E-state index is 12.0. The third kappa shape index (κ3) is 6.14. The molecule has 1 aliphatic rings. The molecule has 2 N–H and O–H groups in total. The Kier molecular flexibility index (Phi) is 7.55. The molecule has 0 radical (unpaired) electrons. The minimum Gasteiger partial charge on any atom is -0.462 e. The lowest BCUT2D eigenvalue weighted by Gasteiger charge is -2.18. The van der Waals surface area contributed by atoms with Gasteiger partial charge in [-0.2, -0.15) is 0 Å². The zero-order valence-electron chi connectivity index (χ0n) is 15.8. The summed E-state index contributed by atoms with van der Waals surface area (Å²) in [6.45, 7) is 6.96. The zero-order valence-corrected chi connectivity index (χ0v) is 16.8. The second kappa shape index (κ2) is 9.45. The average Bonchev–Trinajstić information content (AvgIpc) is 2.93. The summed E-state index contributed by atoms with van der Waals surface area (Å²) in [5.41, 5.74) is -1.02. The number of carbonyl (C=O) groups is 1. The number of carbonyl (C=O) groups excluding carboxylic acids is 1. The van der Waals surface area contributed by atoms with Gasteiger partial charge in [0.25, 0.3) is 13.7 Å². The van der Waals surface area contributed by atoms with Crippen LogP contribution in [0.2, 0.25) is 0 Å². The Balaban J connectivity index is 1.85. The van der Waals surface area contributed by atoms with E-state index in [2.05, 4.69) is 10.1 Å². The molecule has 2 heterocycles. The lowest BCUT2D eigenvalue weighted by Crippen LogP contribution is -2.33. The molecule has 1 aromatic rings. The van der Waals surface area contributed by atoms with Crippen molar-refractivity contribution in [3.05, 3.63) is 33.1 Å². The molecule has 1 aliphatic heterocycles. The smallest absolute Gasteiger partial charge is 0.330 e. The molecular weight excluding hydrogens is 377 g/mol. The van der Waals surface area contributed by atoms with Crippen LogP contribution in [-0.4, -0.2) is 40.4 Å². The van der Waals surface area contributed by atoms with Gasteiger partial charge in [0.2, 0.25) is 0 Å². The Labute approximate surface area is 157 Å². The first-order chi connectivity index (χ1) is 12.7. The molecule has 5 atom stereocenters. The van der Waals surface area contributed by atoms with Crippen molar-refractivity contribution in [2.24, 2.45) is 5.92 Å². The number of hydrogen-bond donors (Lipinski definition) is 2. The molecular formula is C16H26N3O7P. The molecule has 152 valence electrons. The molecule has 0 amide bonds. The second-order valence-corrected chi connectivity index (χ2v) is 7.98. The van der Waals surface area contributed by atoms with Crippen LogP contribution in [0.25, 0.3) is 0 Å². The highest BCUT2D eigenvalue weighted by Crippen LogP contribution is 2.34. The van der Waals surface area contributed by atoms with E-state index < -0.39 is 37.7 Å². The van der Waals surface area contributed by atoms with E-state index in [0.29, 0.717) is 6.42 Å². The number of hydrogen-bond acceptors (Lipinski definition) is 7. The molecule has 10 nitrogen and oxygen atoms in total. The van der Waals surface area contributed by atoms with Gasteiger partial charge in [-0.1, -0.05) is 6.92 Å². The highest BCUT2D eigenvalue weighted by Gasteiger charge is 2.34. The number of rotatable bonds is 8. The van der Waals surface area contributed by atoms with E-state index in [9.17, 15) is 18.9 Å². The summed E-state index contributed by atoms with van der Waals surface area (Å²) in [6.07, 6.45) is 0.816. The van der Waals surface area contributed by atoms with Crippen LogP contribution in [0, 0.1) is 5.92 Å². The van der Waals surface area contributed by atoms with E-state index in [1.54, 1.807) is 20.8 Å². The van der Waals surface area contributed by atoms with Gasteiger partial charge < -0.3 is 14.0 Å². The number of aromatic nitrogens is 2. The fraction of sp³-hybridized carbons (Fsp3) is 0.688. The van der Waals surface area contributed by atoms with Crippen molar-refractivity contribution in [1.29, 1.82) is 0 Å². The number of ether oxygens (including phenoxy) is 2. The predicted octanol–water partition coefficient (Wildman–Crippen LogP) is 0.796. The van der Waals surface area contributed by atoms with Crippen molar-refractivity contribution in [3.8, 4) is 0 Å². The van der Waals surface area contributed by atoms with Gasteiger partial charge in [-0.25, -0.2) is 9.88 Å². The van der Waals surface area contributed by atoms with Crippen LogP contribution in [0.4, 0.5) is 0 Å². The van der Waals surface area contributed by atoms with Crippen LogP contribution in [0.1, 0.15) is 40.3 Å². The lowest BCUT2D eigenvalue weighted by atomic mass is 10.1. The van der Waals surface area contributed by atoms with Crippen LogP contribution < -0.4 is 16.3 Å². The number of aromatic amines is 1. The second-order valence-electron chi connectivity index (χ2n) is 6.83. The lowest BCUT2D eigenvalue weighted by molar-refractivity contribution is -0.149. The fourth-order valence-corrected chi connectivity index (χ4v) is 3.67. The van der Waals surface area contributed by atoms with Gasteiger partial charge in [0.1, 0.15) is 12.3 Å². The maximum atomic E-state index is 12.0. The van der Waals surface area contributed by atoms with Crippen molar-refractivity contribution in [2.45, 2.75) is 58.6 Å². The van der Waals surface area contributed by atoms with Crippen LogP contribution in [0.15, 0.2) is 21.9 Å². The molecule has 3 unspecified atom stereocenters. The molecule has 1 saturated heterocycles.